The summed E-state index contributed by atoms with van der Waals surface area (Å²) in [6, 6.07) is 15.9. The van der Waals surface area contributed by atoms with Crippen LogP contribution in [0.3, 0.4) is 0 Å². The number of rotatable bonds is 7. The van der Waals surface area contributed by atoms with Crippen molar-refractivity contribution in [3.05, 3.63) is 83.9 Å². The maximum Gasteiger partial charge on any atom is 0.255 e. The lowest BCUT2D eigenvalue weighted by Crippen LogP contribution is -2.22. The first-order valence-corrected chi connectivity index (χ1v) is 9.94. The van der Waals surface area contributed by atoms with Crippen molar-refractivity contribution in [1.82, 2.24) is 14.5 Å². The Morgan fingerprint density at radius 3 is 2.61 bits per heavy atom. The molecule has 1 fully saturated rings. The number of hydrogen-bond acceptors (Lipinski definition) is 3. The van der Waals surface area contributed by atoms with Crippen molar-refractivity contribution < 1.29 is 4.79 Å². The normalized spacial score (nSPS) is 14.3. The SMILES string of the molecule is O=C(Nc1cccc(CCN2CCCC2)c1)c1ccc(Cn2ccnc2)cc1. The van der Waals surface area contributed by atoms with Crippen LogP contribution in [0.15, 0.2) is 67.3 Å². The van der Waals surface area contributed by atoms with Crippen LogP contribution in [0.5, 0.6) is 0 Å². The fraction of sp³-hybridized carbons (Fsp3) is 0.304. The average molecular weight is 374 g/mol. The van der Waals surface area contributed by atoms with Gasteiger partial charge in [0.15, 0.2) is 0 Å². The minimum absolute atomic E-state index is 0.0779. The Hall–Kier alpha value is -2.92. The van der Waals surface area contributed by atoms with Crippen LogP contribution in [0.25, 0.3) is 0 Å². The van der Waals surface area contributed by atoms with Gasteiger partial charge in [-0.1, -0.05) is 24.3 Å². The molecule has 1 aliphatic heterocycles. The number of aromatic nitrogens is 2. The summed E-state index contributed by atoms with van der Waals surface area (Å²) < 4.78 is 2.00. The molecule has 1 amide bonds. The molecule has 1 saturated heterocycles. The Kier molecular flexibility index (Phi) is 5.83. The number of anilines is 1. The van der Waals surface area contributed by atoms with E-state index in [1.807, 2.05) is 47.2 Å². The molecule has 0 radical (unpaired) electrons. The summed E-state index contributed by atoms with van der Waals surface area (Å²) in [6.45, 7) is 4.28. The van der Waals surface area contributed by atoms with Gasteiger partial charge in [-0.3, -0.25) is 4.79 Å². The zero-order valence-electron chi connectivity index (χ0n) is 16.1. The maximum absolute atomic E-state index is 12.6. The molecule has 0 unspecified atom stereocenters. The number of amides is 1. The molecule has 5 heteroatoms. The molecule has 4 rings (SSSR count). The van der Waals surface area contributed by atoms with E-state index in [2.05, 4.69) is 27.3 Å². The van der Waals surface area contributed by atoms with Gasteiger partial charge < -0.3 is 14.8 Å². The molecule has 2 aromatic carbocycles. The van der Waals surface area contributed by atoms with Gasteiger partial charge >= 0.3 is 0 Å². The van der Waals surface area contributed by atoms with E-state index in [4.69, 9.17) is 0 Å². The minimum Gasteiger partial charge on any atom is -0.333 e. The number of hydrogen-bond donors (Lipinski definition) is 1. The van der Waals surface area contributed by atoms with E-state index in [0.29, 0.717) is 5.56 Å². The van der Waals surface area contributed by atoms with Crippen molar-refractivity contribution in [3.63, 3.8) is 0 Å². The maximum atomic E-state index is 12.6. The summed E-state index contributed by atoms with van der Waals surface area (Å²) in [5.74, 6) is -0.0779. The number of carbonyl (C=O) groups excluding carboxylic acids is 1. The molecular weight excluding hydrogens is 348 g/mol. The fourth-order valence-electron chi connectivity index (χ4n) is 3.65. The first-order chi connectivity index (χ1) is 13.8. The second-order valence-electron chi connectivity index (χ2n) is 7.39. The molecule has 0 bridgehead atoms. The van der Waals surface area contributed by atoms with Crippen molar-refractivity contribution in [1.29, 1.82) is 0 Å². The molecule has 3 aromatic rings. The second-order valence-corrected chi connectivity index (χ2v) is 7.39. The molecule has 1 aromatic heterocycles. The van der Waals surface area contributed by atoms with Gasteiger partial charge in [0.05, 0.1) is 6.33 Å². The lowest BCUT2D eigenvalue weighted by atomic mass is 10.1. The summed E-state index contributed by atoms with van der Waals surface area (Å²) in [5, 5.41) is 3.02. The number of nitrogens with one attached hydrogen (secondary N) is 1. The number of carbonyl (C=O) groups is 1. The van der Waals surface area contributed by atoms with Crippen molar-refractivity contribution >= 4 is 11.6 Å². The molecule has 0 aliphatic carbocycles. The van der Waals surface area contributed by atoms with E-state index in [-0.39, 0.29) is 5.91 Å². The van der Waals surface area contributed by atoms with Crippen LogP contribution in [0, 0.1) is 0 Å². The van der Waals surface area contributed by atoms with E-state index in [1.165, 1.54) is 31.5 Å². The van der Waals surface area contributed by atoms with Crippen molar-refractivity contribution in [2.24, 2.45) is 0 Å². The average Bonchev–Trinajstić information content (AvgIpc) is 3.41. The summed E-state index contributed by atoms with van der Waals surface area (Å²) in [4.78, 5) is 19.1. The highest BCUT2D eigenvalue weighted by Gasteiger charge is 2.11. The summed E-state index contributed by atoms with van der Waals surface area (Å²) in [6.07, 6.45) is 9.14. The quantitative estimate of drug-likeness (QED) is 0.684. The molecule has 1 N–H and O–H groups in total. The van der Waals surface area contributed by atoms with E-state index in [9.17, 15) is 4.79 Å². The van der Waals surface area contributed by atoms with Crippen molar-refractivity contribution in [2.75, 3.05) is 25.0 Å². The lowest BCUT2D eigenvalue weighted by molar-refractivity contribution is 0.102. The Balaban J connectivity index is 1.34. The van der Waals surface area contributed by atoms with Gasteiger partial charge in [-0.15, -0.1) is 0 Å². The van der Waals surface area contributed by atoms with Crippen molar-refractivity contribution in [3.8, 4) is 0 Å². The van der Waals surface area contributed by atoms with Gasteiger partial charge in [-0.2, -0.15) is 0 Å². The molecule has 5 nitrogen and oxygen atoms in total. The van der Waals surface area contributed by atoms with Gasteiger partial charge in [0.2, 0.25) is 0 Å². The van der Waals surface area contributed by atoms with Crippen LogP contribution in [-0.4, -0.2) is 40.0 Å². The van der Waals surface area contributed by atoms with Crippen LogP contribution in [0.4, 0.5) is 5.69 Å². The van der Waals surface area contributed by atoms with Gasteiger partial charge in [0.1, 0.15) is 0 Å². The third-order valence-corrected chi connectivity index (χ3v) is 5.24. The Bertz CT molecular complexity index is 897. The van der Waals surface area contributed by atoms with Gasteiger partial charge in [0, 0.05) is 36.7 Å². The van der Waals surface area contributed by atoms with Crippen LogP contribution in [-0.2, 0) is 13.0 Å². The zero-order chi connectivity index (χ0) is 19.2. The van der Waals surface area contributed by atoms with Gasteiger partial charge in [0.25, 0.3) is 5.91 Å². The largest absolute Gasteiger partial charge is 0.333 e. The molecule has 0 atom stereocenters. The molecule has 0 saturated carbocycles. The lowest BCUT2D eigenvalue weighted by Gasteiger charge is -2.14. The third kappa shape index (κ3) is 4.87. The molecule has 28 heavy (non-hydrogen) atoms. The highest BCUT2D eigenvalue weighted by atomic mass is 16.1. The predicted octanol–water partition coefficient (Wildman–Crippen LogP) is 3.82. The number of benzene rings is 2. The molecule has 2 heterocycles. The Morgan fingerprint density at radius 1 is 1.04 bits per heavy atom. The minimum atomic E-state index is -0.0779. The first-order valence-electron chi connectivity index (χ1n) is 9.94. The molecule has 0 spiro atoms. The monoisotopic (exact) mass is 374 g/mol. The van der Waals surface area contributed by atoms with E-state index >= 15 is 0 Å². The topological polar surface area (TPSA) is 50.2 Å². The van der Waals surface area contributed by atoms with E-state index in [1.54, 1.807) is 12.5 Å². The van der Waals surface area contributed by atoms with E-state index < -0.39 is 0 Å². The van der Waals surface area contributed by atoms with E-state index in [0.717, 1.165) is 30.8 Å². The summed E-state index contributed by atoms with van der Waals surface area (Å²) >= 11 is 0. The Labute approximate surface area is 166 Å². The standard InChI is InChI=1S/C23H26N4O/c28-23(21-8-6-20(7-9-21)17-27-15-11-24-18-27)25-22-5-3-4-19(16-22)10-14-26-12-1-2-13-26/h3-9,11,15-16,18H,1-2,10,12-14,17H2,(H,25,28). The first kappa shape index (κ1) is 18.4. The van der Waals surface area contributed by atoms with Crippen LogP contribution >= 0.6 is 0 Å². The fourth-order valence-corrected chi connectivity index (χ4v) is 3.65. The number of nitrogens with zero attached hydrogens (tertiary/aromatic N) is 3. The third-order valence-electron chi connectivity index (χ3n) is 5.24. The zero-order valence-corrected chi connectivity index (χ0v) is 16.1. The second kappa shape index (κ2) is 8.85. The Morgan fingerprint density at radius 2 is 1.86 bits per heavy atom. The smallest absolute Gasteiger partial charge is 0.255 e. The van der Waals surface area contributed by atoms with Crippen LogP contribution in [0.2, 0.25) is 0 Å². The summed E-state index contributed by atoms with van der Waals surface area (Å²) in [5.41, 5.74) is 3.92. The molecular formula is C23H26N4O. The molecule has 144 valence electrons. The highest BCUT2D eigenvalue weighted by Crippen LogP contribution is 2.15. The van der Waals surface area contributed by atoms with Crippen LogP contribution < -0.4 is 5.32 Å². The number of likely N-dealkylation sites (tertiary alicyclic amines) is 1. The van der Waals surface area contributed by atoms with Crippen molar-refractivity contribution in [2.45, 2.75) is 25.8 Å². The number of imidazole rings is 1. The predicted molar refractivity (Wildman–Crippen MR) is 112 cm³/mol. The summed E-state index contributed by atoms with van der Waals surface area (Å²) in [7, 11) is 0. The van der Waals surface area contributed by atoms with Crippen LogP contribution in [0.1, 0.15) is 34.3 Å². The highest BCUT2D eigenvalue weighted by molar-refractivity contribution is 6.04. The van der Waals surface area contributed by atoms with Gasteiger partial charge in [-0.05, 0) is 67.7 Å². The van der Waals surface area contributed by atoms with Gasteiger partial charge in [-0.25, -0.2) is 4.98 Å². The molecule has 1 aliphatic rings.